The molecule has 4 heteroatoms. The third-order valence-electron chi connectivity index (χ3n) is 6.33. The van der Waals surface area contributed by atoms with Crippen molar-refractivity contribution in [2.45, 2.75) is 52.4 Å². The van der Waals surface area contributed by atoms with Crippen molar-refractivity contribution in [1.29, 1.82) is 0 Å². The van der Waals surface area contributed by atoms with E-state index in [9.17, 15) is 4.79 Å². The summed E-state index contributed by atoms with van der Waals surface area (Å²) in [5.74, 6) is 1.54. The van der Waals surface area contributed by atoms with E-state index in [0.717, 1.165) is 39.1 Å². The third-order valence-corrected chi connectivity index (χ3v) is 6.33. The number of carbonyl (C=O) groups excluding carboxylic acids is 1. The van der Waals surface area contributed by atoms with Gasteiger partial charge in [0.15, 0.2) is 0 Å². The number of amides is 1. The first-order valence-electron chi connectivity index (χ1n) is 9.67. The van der Waals surface area contributed by atoms with Gasteiger partial charge >= 0.3 is 0 Å². The molecule has 0 aromatic carbocycles. The molecular weight excluding hydrogens is 288 g/mol. The molecule has 4 nitrogen and oxygen atoms in total. The van der Waals surface area contributed by atoms with Gasteiger partial charge in [-0.05, 0) is 57.0 Å². The molecule has 0 aliphatic carbocycles. The molecule has 0 radical (unpaired) electrons. The van der Waals surface area contributed by atoms with Gasteiger partial charge in [0.2, 0.25) is 5.91 Å². The summed E-state index contributed by atoms with van der Waals surface area (Å²) in [6, 6.07) is 0. The van der Waals surface area contributed by atoms with Crippen LogP contribution in [0.3, 0.4) is 0 Å². The molecule has 1 amide bonds. The fraction of sp³-hybridized carbons (Fsp3) is 0.947. The van der Waals surface area contributed by atoms with Gasteiger partial charge in [-0.15, -0.1) is 0 Å². The van der Waals surface area contributed by atoms with Gasteiger partial charge in [0.25, 0.3) is 0 Å². The molecule has 3 aliphatic rings. The zero-order valence-corrected chi connectivity index (χ0v) is 15.1. The molecule has 3 rings (SSSR count). The fourth-order valence-corrected chi connectivity index (χ4v) is 4.67. The monoisotopic (exact) mass is 322 g/mol. The maximum absolute atomic E-state index is 13.1. The van der Waals surface area contributed by atoms with Crippen molar-refractivity contribution >= 4 is 5.91 Å². The number of rotatable bonds is 4. The Balaban J connectivity index is 1.51. The van der Waals surface area contributed by atoms with Crippen LogP contribution in [0.15, 0.2) is 0 Å². The van der Waals surface area contributed by atoms with Gasteiger partial charge in [0.05, 0.1) is 0 Å². The first kappa shape index (κ1) is 17.2. The van der Waals surface area contributed by atoms with Crippen molar-refractivity contribution in [3.8, 4) is 0 Å². The van der Waals surface area contributed by atoms with Crippen molar-refractivity contribution in [3.63, 3.8) is 0 Å². The average Bonchev–Trinajstić information content (AvgIpc) is 3.04. The van der Waals surface area contributed by atoms with Crippen LogP contribution in [0.25, 0.3) is 0 Å². The van der Waals surface area contributed by atoms with E-state index in [1.807, 2.05) is 0 Å². The minimum absolute atomic E-state index is 0.232. The summed E-state index contributed by atoms with van der Waals surface area (Å²) in [5.41, 5.74) is -0.232. The summed E-state index contributed by atoms with van der Waals surface area (Å²) in [7, 11) is 0. The number of carbonyl (C=O) groups is 1. The molecule has 0 aromatic rings. The van der Waals surface area contributed by atoms with Crippen molar-refractivity contribution in [2.24, 2.45) is 17.3 Å². The van der Waals surface area contributed by atoms with E-state index in [4.69, 9.17) is 4.74 Å². The minimum Gasteiger partial charge on any atom is -0.381 e. The largest absolute Gasteiger partial charge is 0.381 e. The van der Waals surface area contributed by atoms with Crippen LogP contribution in [0.5, 0.6) is 0 Å². The van der Waals surface area contributed by atoms with E-state index in [2.05, 4.69) is 23.6 Å². The molecule has 23 heavy (non-hydrogen) atoms. The van der Waals surface area contributed by atoms with Crippen molar-refractivity contribution < 1.29 is 9.53 Å². The quantitative estimate of drug-likeness (QED) is 0.798. The van der Waals surface area contributed by atoms with Crippen molar-refractivity contribution in [3.05, 3.63) is 0 Å². The Morgan fingerprint density at radius 3 is 2.43 bits per heavy atom. The van der Waals surface area contributed by atoms with Gasteiger partial charge in [-0.3, -0.25) is 4.79 Å². The summed E-state index contributed by atoms with van der Waals surface area (Å²) in [6.45, 7) is 11.6. The van der Waals surface area contributed by atoms with Crippen LogP contribution >= 0.6 is 0 Å². The number of nitrogens with zero attached hydrogens (tertiary/aromatic N) is 2. The first-order valence-corrected chi connectivity index (χ1v) is 9.67. The van der Waals surface area contributed by atoms with Gasteiger partial charge in [-0.1, -0.05) is 20.3 Å². The number of likely N-dealkylation sites (tertiary alicyclic amines) is 2. The zero-order valence-electron chi connectivity index (χ0n) is 15.1. The van der Waals surface area contributed by atoms with E-state index >= 15 is 0 Å². The molecular formula is C19H34N2O2. The predicted molar refractivity (Wildman–Crippen MR) is 92.3 cm³/mol. The molecule has 3 fully saturated rings. The predicted octanol–water partition coefficient (Wildman–Crippen LogP) is 2.77. The Morgan fingerprint density at radius 1 is 1.04 bits per heavy atom. The normalized spacial score (nSPS) is 28.3. The van der Waals surface area contributed by atoms with Gasteiger partial charge in [0.1, 0.15) is 0 Å². The fourth-order valence-electron chi connectivity index (χ4n) is 4.67. The smallest absolute Gasteiger partial charge is 0.228 e. The Labute approximate surface area is 141 Å². The second-order valence-electron chi connectivity index (χ2n) is 8.38. The van der Waals surface area contributed by atoms with Gasteiger partial charge in [0, 0.05) is 38.3 Å². The molecule has 0 saturated carbocycles. The number of hydrogen-bond donors (Lipinski definition) is 0. The van der Waals surface area contributed by atoms with Crippen LogP contribution in [0.1, 0.15) is 52.4 Å². The second-order valence-corrected chi connectivity index (χ2v) is 8.38. The SMILES string of the molecule is CC(C)(C(=O)N1CC[C@H](CN2CCCCC2)C1)C1CCOCC1. The van der Waals surface area contributed by atoms with Gasteiger partial charge in [-0.2, -0.15) is 0 Å². The second kappa shape index (κ2) is 7.52. The summed E-state index contributed by atoms with van der Waals surface area (Å²) >= 11 is 0. The van der Waals surface area contributed by atoms with Crippen LogP contribution in [-0.4, -0.2) is 61.6 Å². The lowest BCUT2D eigenvalue weighted by Gasteiger charge is -2.38. The van der Waals surface area contributed by atoms with E-state index in [1.54, 1.807) is 0 Å². The summed E-state index contributed by atoms with van der Waals surface area (Å²) in [5, 5.41) is 0. The van der Waals surface area contributed by atoms with E-state index in [-0.39, 0.29) is 5.41 Å². The molecule has 0 aromatic heterocycles. The van der Waals surface area contributed by atoms with Crippen LogP contribution in [-0.2, 0) is 9.53 Å². The highest BCUT2D eigenvalue weighted by Crippen LogP contribution is 2.37. The molecule has 0 bridgehead atoms. The maximum Gasteiger partial charge on any atom is 0.228 e. The van der Waals surface area contributed by atoms with Crippen LogP contribution in [0.2, 0.25) is 0 Å². The highest BCUT2D eigenvalue weighted by Gasteiger charge is 2.41. The molecule has 132 valence electrons. The average molecular weight is 322 g/mol. The van der Waals surface area contributed by atoms with Crippen molar-refractivity contribution in [1.82, 2.24) is 9.80 Å². The molecule has 1 atom stereocenters. The number of hydrogen-bond acceptors (Lipinski definition) is 3. The standard InChI is InChI=1S/C19H34N2O2/c1-19(2,17-7-12-23-13-8-17)18(22)21-11-6-16(15-21)14-20-9-4-3-5-10-20/h16-17H,3-15H2,1-2H3/t16-/m1/s1. The number of piperidine rings is 1. The molecule has 3 saturated heterocycles. The Bertz CT molecular complexity index is 398. The summed E-state index contributed by atoms with van der Waals surface area (Å²) in [6.07, 6.45) is 7.35. The topological polar surface area (TPSA) is 32.8 Å². The third kappa shape index (κ3) is 4.08. The van der Waals surface area contributed by atoms with E-state index < -0.39 is 0 Å². The molecule has 0 unspecified atom stereocenters. The van der Waals surface area contributed by atoms with Crippen LogP contribution < -0.4 is 0 Å². The summed E-state index contributed by atoms with van der Waals surface area (Å²) in [4.78, 5) is 17.8. The summed E-state index contributed by atoms with van der Waals surface area (Å²) < 4.78 is 5.47. The van der Waals surface area contributed by atoms with Crippen LogP contribution in [0.4, 0.5) is 0 Å². The zero-order chi connectivity index (χ0) is 16.3. The van der Waals surface area contributed by atoms with Crippen LogP contribution in [0, 0.1) is 17.3 Å². The van der Waals surface area contributed by atoms with Gasteiger partial charge < -0.3 is 14.5 Å². The Morgan fingerprint density at radius 2 is 1.74 bits per heavy atom. The number of ether oxygens (including phenoxy) is 1. The molecule has 0 spiro atoms. The Hall–Kier alpha value is -0.610. The van der Waals surface area contributed by atoms with E-state index in [0.29, 0.717) is 17.7 Å². The first-order chi connectivity index (χ1) is 11.1. The lowest BCUT2D eigenvalue weighted by atomic mass is 9.73. The Kier molecular flexibility index (Phi) is 5.63. The lowest BCUT2D eigenvalue weighted by molar-refractivity contribution is -0.144. The molecule has 3 heterocycles. The molecule has 0 N–H and O–H groups in total. The van der Waals surface area contributed by atoms with Gasteiger partial charge in [-0.25, -0.2) is 0 Å². The van der Waals surface area contributed by atoms with E-state index in [1.165, 1.54) is 45.3 Å². The highest BCUT2D eigenvalue weighted by molar-refractivity contribution is 5.82. The lowest BCUT2D eigenvalue weighted by Crippen LogP contribution is -2.45. The highest BCUT2D eigenvalue weighted by atomic mass is 16.5. The maximum atomic E-state index is 13.1. The minimum atomic E-state index is -0.232. The van der Waals surface area contributed by atoms with Crippen molar-refractivity contribution in [2.75, 3.05) is 45.9 Å². The molecule has 3 aliphatic heterocycles.